The third kappa shape index (κ3) is 6.64. The molecule has 208 valence electrons. The number of carbonyl (C=O) groups is 1. The van der Waals surface area contributed by atoms with Crippen LogP contribution in [0.15, 0.2) is 38.2 Å². The SMILES string of the molecule is Cc1ccc(S(=O)(=O)NC(=O)Nc2nc(=O)n3c(C)c(C)sc(SCCCCC(F)(F)C(F)(F)F)c2-3)cc1. The smallest absolute Gasteiger partial charge is 0.290 e. The van der Waals surface area contributed by atoms with Gasteiger partial charge in [-0.1, -0.05) is 17.7 Å². The molecule has 2 amide bonds. The Labute approximate surface area is 223 Å². The summed E-state index contributed by atoms with van der Waals surface area (Å²) in [4.78, 5) is 29.5. The molecule has 8 nitrogen and oxygen atoms in total. The number of carbonyl (C=O) groups excluding carboxylic acids is 1. The first-order valence-electron chi connectivity index (χ1n) is 11.0. The number of hydrogen-bond donors (Lipinski definition) is 2. The van der Waals surface area contributed by atoms with Crippen LogP contribution >= 0.6 is 23.1 Å². The Kier molecular flexibility index (Phi) is 8.77. The third-order valence-corrected chi connectivity index (χ3v) is 9.33. The second kappa shape index (κ2) is 11.2. The number of sulfonamides is 1. The van der Waals surface area contributed by atoms with Gasteiger partial charge in [-0.15, -0.1) is 23.1 Å². The van der Waals surface area contributed by atoms with E-state index in [1.165, 1.54) is 28.0 Å². The van der Waals surface area contributed by atoms with Crippen molar-refractivity contribution in [2.75, 3.05) is 11.1 Å². The van der Waals surface area contributed by atoms with Gasteiger partial charge in [-0.05, 0) is 51.5 Å². The molecular formula is C22H23F5N4O4S3. The van der Waals surface area contributed by atoms with Gasteiger partial charge in [0.1, 0.15) is 5.69 Å². The van der Waals surface area contributed by atoms with Crippen molar-refractivity contribution >= 4 is 45.0 Å². The first-order valence-corrected chi connectivity index (χ1v) is 14.3. The van der Waals surface area contributed by atoms with E-state index in [0.717, 1.165) is 17.3 Å². The van der Waals surface area contributed by atoms with Crippen LogP contribution in [-0.2, 0) is 10.0 Å². The second-order valence-corrected chi connectivity index (χ2v) is 12.6. The minimum absolute atomic E-state index is 0.0263. The van der Waals surface area contributed by atoms with Gasteiger partial charge in [0.2, 0.25) is 0 Å². The van der Waals surface area contributed by atoms with Gasteiger partial charge >= 0.3 is 23.8 Å². The Morgan fingerprint density at radius 2 is 1.71 bits per heavy atom. The van der Waals surface area contributed by atoms with Crippen LogP contribution in [0, 0.1) is 20.8 Å². The molecular weight excluding hydrogens is 575 g/mol. The molecule has 0 atom stereocenters. The van der Waals surface area contributed by atoms with Crippen molar-refractivity contribution in [1.82, 2.24) is 14.3 Å². The fourth-order valence-corrected chi connectivity index (χ4v) is 6.72. The highest BCUT2D eigenvalue weighted by atomic mass is 32.2. The highest BCUT2D eigenvalue weighted by Gasteiger charge is 2.56. The number of alkyl halides is 5. The van der Waals surface area contributed by atoms with Crippen molar-refractivity contribution in [1.29, 1.82) is 0 Å². The summed E-state index contributed by atoms with van der Waals surface area (Å²) >= 11 is 2.31. The number of unbranched alkanes of at least 4 members (excludes halogenated alkanes) is 1. The molecule has 0 saturated heterocycles. The number of nitrogens with zero attached hydrogens (tertiary/aromatic N) is 2. The minimum Gasteiger partial charge on any atom is -0.290 e. The zero-order valence-electron chi connectivity index (χ0n) is 20.3. The first kappa shape index (κ1) is 29.8. The summed E-state index contributed by atoms with van der Waals surface area (Å²) in [5.41, 5.74) is 0.748. The lowest BCUT2D eigenvalue weighted by molar-refractivity contribution is -0.284. The highest BCUT2D eigenvalue weighted by Crippen LogP contribution is 2.41. The van der Waals surface area contributed by atoms with Crippen LogP contribution < -0.4 is 15.7 Å². The number of amides is 2. The van der Waals surface area contributed by atoms with Crippen molar-refractivity contribution in [2.24, 2.45) is 0 Å². The molecule has 1 aromatic rings. The van der Waals surface area contributed by atoms with Crippen LogP contribution in [0.5, 0.6) is 0 Å². The predicted molar refractivity (Wildman–Crippen MR) is 134 cm³/mol. The average molecular weight is 599 g/mol. The van der Waals surface area contributed by atoms with E-state index in [-0.39, 0.29) is 35.0 Å². The Morgan fingerprint density at radius 1 is 1.08 bits per heavy atom. The van der Waals surface area contributed by atoms with Gasteiger partial charge in [0.05, 0.1) is 9.10 Å². The van der Waals surface area contributed by atoms with Gasteiger partial charge in [-0.2, -0.15) is 26.9 Å². The molecule has 2 aliphatic heterocycles. The molecule has 0 aromatic heterocycles. The molecule has 16 heteroatoms. The van der Waals surface area contributed by atoms with Crippen LogP contribution in [0.4, 0.5) is 32.6 Å². The molecule has 3 rings (SSSR count). The van der Waals surface area contributed by atoms with E-state index >= 15 is 0 Å². The number of anilines is 1. The normalized spacial score (nSPS) is 12.6. The number of aryl methyl sites for hydroxylation is 2. The van der Waals surface area contributed by atoms with Crippen molar-refractivity contribution in [3.05, 3.63) is 50.9 Å². The number of thioether (sulfide) groups is 1. The standard InChI is InChI=1S/C22H23F5N4O4S3/c1-12-6-8-15(9-7-12)38(34,35)30-19(32)28-17-16-18(37-14(3)13(2)31(16)20(33)29-17)36-11-5-4-10-21(23,24)22(25,26)27/h6-9H,4-5,10-11H2,1-3H3,(H2,28,29,30,32,33). The predicted octanol–water partition coefficient (Wildman–Crippen LogP) is 5.63. The Hall–Kier alpha value is -2.72. The lowest BCUT2D eigenvalue weighted by atomic mass is 10.1. The minimum atomic E-state index is -5.61. The largest absolute Gasteiger partial charge is 0.453 e. The second-order valence-electron chi connectivity index (χ2n) is 8.34. The van der Waals surface area contributed by atoms with Crippen LogP contribution in [0.1, 0.15) is 35.4 Å². The molecule has 0 saturated carbocycles. The molecule has 0 spiro atoms. The van der Waals surface area contributed by atoms with Crippen molar-refractivity contribution in [2.45, 2.75) is 61.2 Å². The quantitative estimate of drug-likeness (QED) is 0.188. The molecule has 0 bridgehead atoms. The molecule has 2 aliphatic rings. The summed E-state index contributed by atoms with van der Waals surface area (Å²) in [5.74, 6) is -4.85. The van der Waals surface area contributed by atoms with E-state index < -0.39 is 40.3 Å². The molecule has 1 aromatic carbocycles. The number of halogens is 5. The zero-order valence-corrected chi connectivity index (χ0v) is 22.7. The van der Waals surface area contributed by atoms with E-state index in [2.05, 4.69) is 10.3 Å². The fraction of sp³-hybridized carbons (Fsp3) is 0.409. The van der Waals surface area contributed by atoms with Crippen LogP contribution in [-0.4, -0.2) is 41.9 Å². The number of benzene rings is 1. The van der Waals surface area contributed by atoms with Crippen LogP contribution in [0.3, 0.4) is 0 Å². The Morgan fingerprint density at radius 3 is 2.32 bits per heavy atom. The van der Waals surface area contributed by atoms with E-state index in [9.17, 15) is 40.0 Å². The van der Waals surface area contributed by atoms with E-state index in [0.29, 0.717) is 14.8 Å². The molecule has 2 heterocycles. The van der Waals surface area contributed by atoms with Gasteiger partial charge < -0.3 is 0 Å². The van der Waals surface area contributed by atoms with Gasteiger partial charge in [0, 0.05) is 17.0 Å². The van der Waals surface area contributed by atoms with Gasteiger partial charge in [0.15, 0.2) is 5.82 Å². The number of imidazole rings is 1. The summed E-state index contributed by atoms with van der Waals surface area (Å²) in [6.45, 7) is 5.13. The molecule has 0 aliphatic carbocycles. The number of urea groups is 1. The number of hydrogen-bond acceptors (Lipinski definition) is 7. The Balaban J connectivity index is 1.78. The van der Waals surface area contributed by atoms with Crippen LogP contribution in [0.25, 0.3) is 5.69 Å². The van der Waals surface area contributed by atoms with E-state index in [1.807, 2.05) is 4.72 Å². The molecule has 0 radical (unpaired) electrons. The monoisotopic (exact) mass is 598 g/mol. The van der Waals surface area contributed by atoms with Crippen molar-refractivity contribution in [3.8, 4) is 5.69 Å². The summed E-state index contributed by atoms with van der Waals surface area (Å²) in [5, 5.41) is 2.28. The lowest BCUT2D eigenvalue weighted by Crippen LogP contribution is -2.36. The van der Waals surface area contributed by atoms with Gasteiger partial charge in [-0.25, -0.2) is 22.7 Å². The maximum atomic E-state index is 13.1. The molecule has 0 unspecified atom stereocenters. The van der Waals surface area contributed by atoms with E-state index in [1.54, 1.807) is 32.9 Å². The summed E-state index contributed by atoms with van der Waals surface area (Å²) in [7, 11) is -4.23. The Bertz CT molecular complexity index is 1450. The summed E-state index contributed by atoms with van der Waals surface area (Å²) in [6, 6.07) is 4.58. The fourth-order valence-electron chi connectivity index (χ4n) is 3.29. The van der Waals surface area contributed by atoms with Gasteiger partial charge in [0.25, 0.3) is 10.0 Å². The topological polar surface area (TPSA) is 110 Å². The number of aromatic nitrogens is 2. The number of rotatable bonds is 9. The maximum absolute atomic E-state index is 13.1. The number of nitrogens with one attached hydrogen (secondary N) is 2. The number of fused-ring (bicyclic) bond motifs is 1. The van der Waals surface area contributed by atoms with Crippen molar-refractivity contribution in [3.63, 3.8) is 0 Å². The highest BCUT2D eigenvalue weighted by molar-refractivity contribution is 8.01. The maximum Gasteiger partial charge on any atom is 0.453 e. The molecule has 2 N–H and O–H groups in total. The van der Waals surface area contributed by atoms with Crippen LogP contribution in [0.2, 0.25) is 0 Å². The summed E-state index contributed by atoms with van der Waals surface area (Å²) in [6.07, 6.45) is -7.32. The summed E-state index contributed by atoms with van der Waals surface area (Å²) < 4.78 is 91.9. The zero-order chi connectivity index (χ0) is 28.5. The molecule has 0 fully saturated rings. The molecule has 38 heavy (non-hydrogen) atoms. The lowest BCUT2D eigenvalue weighted by Gasteiger charge is -2.19. The average Bonchev–Trinajstić information content (AvgIpc) is 3.11. The first-order chi connectivity index (χ1) is 17.5. The van der Waals surface area contributed by atoms with Gasteiger partial charge in [-0.3, -0.25) is 9.88 Å². The van der Waals surface area contributed by atoms with Crippen molar-refractivity contribution < 1.29 is 35.2 Å². The third-order valence-electron chi connectivity index (χ3n) is 5.45. The van der Waals surface area contributed by atoms with E-state index in [4.69, 9.17) is 0 Å².